The maximum absolute atomic E-state index is 11.4. The molecule has 0 saturated heterocycles. The van der Waals surface area contributed by atoms with Crippen LogP contribution in [0.3, 0.4) is 0 Å². The van der Waals surface area contributed by atoms with Crippen LogP contribution in [0.5, 0.6) is 0 Å². The van der Waals surface area contributed by atoms with Crippen molar-refractivity contribution in [3.8, 4) is 0 Å². The van der Waals surface area contributed by atoms with E-state index in [2.05, 4.69) is 12.2 Å². The van der Waals surface area contributed by atoms with Gasteiger partial charge in [0.1, 0.15) is 0 Å². The molecule has 20 heavy (non-hydrogen) atoms. The summed E-state index contributed by atoms with van der Waals surface area (Å²) in [4.78, 5) is 22.6. The summed E-state index contributed by atoms with van der Waals surface area (Å²) in [6.07, 6.45) is 10.5. The van der Waals surface area contributed by atoms with Crippen molar-refractivity contribution >= 4 is 12.0 Å². The molecular weight excluding hydrogens is 254 g/mol. The lowest BCUT2D eigenvalue weighted by atomic mass is 10.1. The molecule has 0 rings (SSSR count). The summed E-state index contributed by atoms with van der Waals surface area (Å²) in [5.41, 5.74) is 0. The number of rotatable bonds is 11. The van der Waals surface area contributed by atoms with Crippen molar-refractivity contribution in [3.63, 3.8) is 0 Å². The monoisotopic (exact) mass is 285 g/mol. The van der Waals surface area contributed by atoms with Crippen LogP contribution in [0.1, 0.15) is 85.0 Å². The van der Waals surface area contributed by atoms with E-state index in [1.165, 1.54) is 44.9 Å². The van der Waals surface area contributed by atoms with Crippen molar-refractivity contribution < 1.29 is 14.3 Å². The van der Waals surface area contributed by atoms with E-state index in [9.17, 15) is 9.59 Å². The zero-order valence-corrected chi connectivity index (χ0v) is 13.4. The first-order valence-electron chi connectivity index (χ1n) is 8.06. The van der Waals surface area contributed by atoms with Gasteiger partial charge in [0, 0.05) is 6.42 Å². The topological polar surface area (TPSA) is 55.4 Å². The van der Waals surface area contributed by atoms with Gasteiger partial charge in [-0.05, 0) is 20.3 Å². The van der Waals surface area contributed by atoms with Crippen molar-refractivity contribution in [2.45, 2.75) is 91.1 Å². The Bertz CT molecular complexity index is 264. The predicted molar refractivity (Wildman–Crippen MR) is 81.6 cm³/mol. The molecule has 4 nitrogen and oxygen atoms in total. The third-order valence-electron chi connectivity index (χ3n) is 3.09. The molecule has 0 atom stereocenters. The van der Waals surface area contributed by atoms with Crippen molar-refractivity contribution in [2.75, 3.05) is 0 Å². The molecule has 0 heterocycles. The quantitative estimate of drug-likeness (QED) is 0.566. The molecule has 2 amide bonds. The molecule has 118 valence electrons. The SMILES string of the molecule is CCCCCCCCCCCC(=O)NC(=O)OC(C)C. The summed E-state index contributed by atoms with van der Waals surface area (Å²) < 4.78 is 4.84. The number of amides is 2. The van der Waals surface area contributed by atoms with E-state index < -0.39 is 6.09 Å². The van der Waals surface area contributed by atoms with Crippen LogP contribution in [0.2, 0.25) is 0 Å². The molecule has 0 aromatic rings. The van der Waals surface area contributed by atoms with Crippen LogP contribution in [0.15, 0.2) is 0 Å². The zero-order valence-electron chi connectivity index (χ0n) is 13.4. The van der Waals surface area contributed by atoms with E-state index in [4.69, 9.17) is 4.74 Å². The lowest BCUT2D eigenvalue weighted by molar-refractivity contribution is -0.120. The van der Waals surface area contributed by atoms with Gasteiger partial charge in [-0.25, -0.2) is 4.79 Å². The number of hydrogen-bond donors (Lipinski definition) is 1. The molecular formula is C16H31NO3. The van der Waals surface area contributed by atoms with E-state index in [0.29, 0.717) is 6.42 Å². The Labute approximate surface area is 123 Å². The number of hydrogen-bond acceptors (Lipinski definition) is 3. The van der Waals surface area contributed by atoms with E-state index in [1.807, 2.05) is 0 Å². The predicted octanol–water partition coefficient (Wildman–Crippen LogP) is 4.57. The Hall–Kier alpha value is -1.06. The van der Waals surface area contributed by atoms with Crippen molar-refractivity contribution in [1.82, 2.24) is 5.32 Å². The third kappa shape index (κ3) is 13.4. The van der Waals surface area contributed by atoms with Crippen molar-refractivity contribution in [1.29, 1.82) is 0 Å². The molecule has 0 radical (unpaired) electrons. The Kier molecular flexibility index (Phi) is 12.3. The standard InChI is InChI=1S/C16H31NO3/c1-4-5-6-7-8-9-10-11-12-13-15(18)17-16(19)20-14(2)3/h14H,4-13H2,1-3H3,(H,17,18,19). The van der Waals surface area contributed by atoms with Gasteiger partial charge in [0.25, 0.3) is 0 Å². The molecule has 0 spiro atoms. The smallest absolute Gasteiger partial charge is 0.414 e. The van der Waals surface area contributed by atoms with Gasteiger partial charge < -0.3 is 4.74 Å². The van der Waals surface area contributed by atoms with E-state index in [1.54, 1.807) is 13.8 Å². The normalized spacial score (nSPS) is 10.6. The molecule has 1 N–H and O–H groups in total. The molecule has 0 unspecified atom stereocenters. The Balaban J connectivity index is 3.33. The van der Waals surface area contributed by atoms with Crippen LogP contribution in [0.4, 0.5) is 4.79 Å². The highest BCUT2D eigenvalue weighted by Gasteiger charge is 2.09. The average Bonchev–Trinajstić information content (AvgIpc) is 2.35. The number of alkyl carbamates (subject to hydrolysis) is 1. The first-order chi connectivity index (χ1) is 9.56. The van der Waals surface area contributed by atoms with Crippen LogP contribution >= 0.6 is 0 Å². The number of nitrogens with one attached hydrogen (secondary N) is 1. The van der Waals surface area contributed by atoms with Gasteiger partial charge in [0.2, 0.25) is 5.91 Å². The number of carbonyl (C=O) groups excluding carboxylic acids is 2. The van der Waals surface area contributed by atoms with Crippen LogP contribution in [0, 0.1) is 0 Å². The highest BCUT2D eigenvalue weighted by atomic mass is 16.6. The third-order valence-corrected chi connectivity index (χ3v) is 3.09. The van der Waals surface area contributed by atoms with Gasteiger partial charge in [0.15, 0.2) is 0 Å². The summed E-state index contributed by atoms with van der Waals surface area (Å²) in [5, 5.41) is 2.24. The molecule has 0 aliphatic carbocycles. The van der Waals surface area contributed by atoms with Crippen LogP contribution in [-0.2, 0) is 9.53 Å². The summed E-state index contributed by atoms with van der Waals surface area (Å²) in [5.74, 6) is -0.237. The summed E-state index contributed by atoms with van der Waals surface area (Å²) in [6, 6.07) is 0. The maximum atomic E-state index is 11.4. The number of unbranched alkanes of at least 4 members (excludes halogenated alkanes) is 8. The largest absolute Gasteiger partial charge is 0.447 e. The van der Waals surface area contributed by atoms with Crippen molar-refractivity contribution in [3.05, 3.63) is 0 Å². The van der Waals surface area contributed by atoms with Crippen LogP contribution < -0.4 is 5.32 Å². The first-order valence-corrected chi connectivity index (χ1v) is 8.06. The van der Waals surface area contributed by atoms with Gasteiger partial charge in [-0.3, -0.25) is 10.1 Å². The van der Waals surface area contributed by atoms with Gasteiger partial charge in [-0.15, -0.1) is 0 Å². The highest BCUT2D eigenvalue weighted by molar-refractivity contribution is 5.91. The molecule has 0 aliphatic heterocycles. The Morgan fingerprint density at radius 1 is 0.900 bits per heavy atom. The fraction of sp³-hybridized carbons (Fsp3) is 0.875. The molecule has 0 bridgehead atoms. The second kappa shape index (κ2) is 12.9. The summed E-state index contributed by atoms with van der Waals surface area (Å²) >= 11 is 0. The highest BCUT2D eigenvalue weighted by Crippen LogP contribution is 2.10. The number of imide groups is 1. The minimum absolute atomic E-state index is 0.199. The van der Waals surface area contributed by atoms with Gasteiger partial charge >= 0.3 is 6.09 Å². The van der Waals surface area contributed by atoms with Crippen molar-refractivity contribution in [2.24, 2.45) is 0 Å². The molecule has 0 saturated carbocycles. The lowest BCUT2D eigenvalue weighted by Gasteiger charge is -2.08. The Morgan fingerprint density at radius 2 is 1.40 bits per heavy atom. The zero-order chi connectivity index (χ0) is 15.2. The van der Waals surface area contributed by atoms with E-state index in [-0.39, 0.29) is 12.0 Å². The molecule has 0 fully saturated rings. The Morgan fingerprint density at radius 3 is 1.90 bits per heavy atom. The maximum Gasteiger partial charge on any atom is 0.414 e. The van der Waals surface area contributed by atoms with E-state index >= 15 is 0 Å². The summed E-state index contributed by atoms with van der Waals surface area (Å²) in [7, 11) is 0. The van der Waals surface area contributed by atoms with Gasteiger partial charge in [-0.1, -0.05) is 58.3 Å². The molecule has 0 aromatic carbocycles. The number of carbonyl (C=O) groups is 2. The fourth-order valence-electron chi connectivity index (χ4n) is 2.02. The first kappa shape index (κ1) is 18.9. The minimum Gasteiger partial charge on any atom is -0.447 e. The second-order valence-electron chi connectivity index (χ2n) is 5.58. The second-order valence-corrected chi connectivity index (χ2v) is 5.58. The van der Waals surface area contributed by atoms with E-state index in [0.717, 1.165) is 12.8 Å². The average molecular weight is 285 g/mol. The van der Waals surface area contributed by atoms with Gasteiger partial charge in [0.05, 0.1) is 6.10 Å². The molecule has 0 aliphatic rings. The van der Waals surface area contributed by atoms with Crippen LogP contribution in [0.25, 0.3) is 0 Å². The lowest BCUT2D eigenvalue weighted by Crippen LogP contribution is -2.32. The van der Waals surface area contributed by atoms with Gasteiger partial charge in [-0.2, -0.15) is 0 Å². The van der Waals surface area contributed by atoms with Crippen LogP contribution in [-0.4, -0.2) is 18.1 Å². The fourth-order valence-corrected chi connectivity index (χ4v) is 2.02. The molecule has 4 heteroatoms. The summed E-state index contributed by atoms with van der Waals surface area (Å²) in [6.45, 7) is 5.73. The molecule has 0 aromatic heterocycles. The minimum atomic E-state index is -0.638. The number of ether oxygens (including phenoxy) is 1.